The van der Waals surface area contributed by atoms with Gasteiger partial charge in [-0.3, -0.25) is 4.79 Å². The normalized spacial score (nSPS) is 20.2. The zero-order chi connectivity index (χ0) is 22.3. The van der Waals surface area contributed by atoms with Gasteiger partial charge in [-0.25, -0.2) is 4.79 Å². The van der Waals surface area contributed by atoms with E-state index in [2.05, 4.69) is 32.3 Å². The van der Waals surface area contributed by atoms with Crippen molar-refractivity contribution >= 4 is 17.8 Å². The molecule has 1 amide bonds. The van der Waals surface area contributed by atoms with Crippen molar-refractivity contribution in [2.45, 2.75) is 24.3 Å². The Morgan fingerprint density at radius 2 is 1.67 bits per heavy atom. The highest BCUT2D eigenvalue weighted by molar-refractivity contribution is 5.91. The molecule has 0 heterocycles. The molecule has 0 spiro atoms. The number of primary amides is 1. The highest BCUT2D eigenvalue weighted by Gasteiger charge is 2.47. The number of aliphatic carboxylic acids is 2. The van der Waals surface area contributed by atoms with Crippen LogP contribution in [0.2, 0.25) is 0 Å². The van der Waals surface area contributed by atoms with Crippen molar-refractivity contribution in [1.29, 1.82) is 0 Å². The number of carbonyl (C=O) groups is 3. The van der Waals surface area contributed by atoms with E-state index in [1.54, 1.807) is 0 Å². The molecule has 3 rings (SSSR count). The summed E-state index contributed by atoms with van der Waals surface area (Å²) in [5, 5.41) is 17.2. The van der Waals surface area contributed by atoms with E-state index in [9.17, 15) is 19.5 Å². The van der Waals surface area contributed by atoms with Gasteiger partial charge in [0.1, 0.15) is 6.04 Å². The molecule has 0 bridgehead atoms. The lowest BCUT2D eigenvalue weighted by Crippen LogP contribution is -3.06. The number of quaternary nitrogens is 1. The van der Waals surface area contributed by atoms with Gasteiger partial charge in [-0.15, -0.1) is 0 Å². The van der Waals surface area contributed by atoms with Crippen LogP contribution in [0.25, 0.3) is 0 Å². The molecule has 0 saturated heterocycles. The van der Waals surface area contributed by atoms with Crippen LogP contribution in [0.1, 0.15) is 35.6 Å². The van der Waals surface area contributed by atoms with E-state index >= 15 is 0 Å². The second-order valence-electron chi connectivity index (χ2n) is 7.38. The van der Waals surface area contributed by atoms with Crippen LogP contribution in [0.3, 0.4) is 0 Å². The molecule has 1 aliphatic carbocycles. The minimum atomic E-state index is -1.51. The molecule has 0 aliphatic heterocycles. The van der Waals surface area contributed by atoms with E-state index in [0.717, 1.165) is 24.0 Å². The van der Waals surface area contributed by atoms with E-state index in [1.165, 1.54) is 10.5 Å². The number of fused-ring (bicyclic) bond motifs is 1. The summed E-state index contributed by atoms with van der Waals surface area (Å²) in [5.41, 5.74) is 8.54. The number of hydrogen-bond donors (Lipinski definition) is 3. The molecule has 0 radical (unpaired) electrons. The van der Waals surface area contributed by atoms with E-state index < -0.39 is 17.4 Å². The van der Waals surface area contributed by atoms with Crippen LogP contribution in [0, 0.1) is 0 Å². The zero-order valence-electron chi connectivity index (χ0n) is 17.0. The molecule has 2 aromatic rings. The number of amides is 1. The molecule has 7 heteroatoms. The Kier molecular flexibility index (Phi) is 7.49. The number of nitrogens with two attached hydrogens (primary N) is 1. The third kappa shape index (κ3) is 4.93. The second-order valence-corrected chi connectivity index (χ2v) is 7.38. The number of carboxylic acid groups (broad SMARTS) is 2. The summed E-state index contributed by atoms with van der Waals surface area (Å²) < 4.78 is 0. The van der Waals surface area contributed by atoms with E-state index in [1.807, 2.05) is 36.4 Å². The van der Waals surface area contributed by atoms with Gasteiger partial charge in [0.25, 0.3) is 0 Å². The zero-order valence-corrected chi connectivity index (χ0v) is 17.0. The van der Waals surface area contributed by atoms with Crippen LogP contribution in [0.15, 0.2) is 66.7 Å². The van der Waals surface area contributed by atoms with Gasteiger partial charge in [0.05, 0.1) is 25.5 Å². The summed E-state index contributed by atoms with van der Waals surface area (Å²) in [4.78, 5) is 32.9. The Bertz CT molecular complexity index is 924. The Labute approximate surface area is 175 Å². The van der Waals surface area contributed by atoms with Crippen molar-refractivity contribution in [2.24, 2.45) is 5.73 Å². The molecule has 2 atom stereocenters. The summed E-state index contributed by atoms with van der Waals surface area (Å²) in [6.45, 7) is 0. The molecule has 0 saturated carbocycles. The molecule has 7 nitrogen and oxygen atoms in total. The molecule has 0 aromatic heterocycles. The van der Waals surface area contributed by atoms with Gasteiger partial charge in [0.15, 0.2) is 0 Å². The third-order valence-electron chi connectivity index (χ3n) is 5.35. The second kappa shape index (κ2) is 9.84. The van der Waals surface area contributed by atoms with Crippen LogP contribution in [-0.2, 0) is 19.8 Å². The molecule has 1 unspecified atom stereocenters. The van der Waals surface area contributed by atoms with Crippen LogP contribution in [-0.4, -0.2) is 37.0 Å². The van der Waals surface area contributed by atoms with Crippen molar-refractivity contribution in [1.82, 2.24) is 0 Å². The molecule has 1 aliphatic rings. The van der Waals surface area contributed by atoms with Crippen LogP contribution in [0.5, 0.6) is 0 Å². The topological polar surface area (TPSA) is 125 Å². The quantitative estimate of drug-likeness (QED) is 0.590. The van der Waals surface area contributed by atoms with Crippen molar-refractivity contribution in [3.63, 3.8) is 0 Å². The van der Waals surface area contributed by atoms with Crippen molar-refractivity contribution < 1.29 is 29.5 Å². The summed E-state index contributed by atoms with van der Waals surface area (Å²) >= 11 is 0. The van der Waals surface area contributed by atoms with Crippen LogP contribution in [0.4, 0.5) is 0 Å². The van der Waals surface area contributed by atoms with Gasteiger partial charge in [-0.2, -0.15) is 0 Å². The fourth-order valence-electron chi connectivity index (χ4n) is 4.00. The van der Waals surface area contributed by atoms with Gasteiger partial charge in [-0.1, -0.05) is 54.6 Å². The van der Waals surface area contributed by atoms with Crippen molar-refractivity contribution in [2.75, 3.05) is 14.1 Å². The predicted molar refractivity (Wildman–Crippen MR) is 109 cm³/mol. The highest BCUT2D eigenvalue weighted by Crippen LogP contribution is 2.45. The van der Waals surface area contributed by atoms with Gasteiger partial charge >= 0.3 is 5.97 Å². The van der Waals surface area contributed by atoms with E-state index in [0.29, 0.717) is 18.2 Å². The molecule has 30 heavy (non-hydrogen) atoms. The minimum absolute atomic E-state index is 0.252. The monoisotopic (exact) mass is 410 g/mol. The lowest BCUT2D eigenvalue weighted by molar-refractivity contribution is -0.893. The number of hydrogen-bond acceptors (Lipinski definition) is 4. The van der Waals surface area contributed by atoms with Crippen molar-refractivity contribution in [3.8, 4) is 0 Å². The highest BCUT2D eigenvalue weighted by atomic mass is 16.4. The Hall–Kier alpha value is -3.45. The SMILES string of the molecule is C[NH+](C)C1CC[C@@](C(N)=O)(c2ccccc2)c2ccccc21.O=C([O-])/C=C\C(=O)O. The Morgan fingerprint density at radius 1 is 1.07 bits per heavy atom. The first kappa shape index (κ1) is 22.8. The number of carboxylic acids is 2. The maximum atomic E-state index is 12.5. The average Bonchev–Trinajstić information content (AvgIpc) is 2.72. The smallest absolute Gasteiger partial charge is 0.328 e. The lowest BCUT2D eigenvalue weighted by atomic mass is 9.64. The van der Waals surface area contributed by atoms with E-state index in [-0.39, 0.29) is 5.91 Å². The Morgan fingerprint density at radius 3 is 2.17 bits per heavy atom. The van der Waals surface area contributed by atoms with Gasteiger partial charge in [0.2, 0.25) is 5.91 Å². The average molecular weight is 410 g/mol. The van der Waals surface area contributed by atoms with E-state index in [4.69, 9.17) is 10.8 Å². The van der Waals surface area contributed by atoms with Crippen LogP contribution < -0.4 is 15.7 Å². The molecule has 0 fully saturated rings. The van der Waals surface area contributed by atoms with Crippen molar-refractivity contribution in [3.05, 3.63) is 83.4 Å². The van der Waals surface area contributed by atoms with Gasteiger partial charge < -0.3 is 25.6 Å². The first-order valence-electron chi connectivity index (χ1n) is 9.57. The maximum absolute atomic E-state index is 12.5. The first-order valence-corrected chi connectivity index (χ1v) is 9.57. The number of rotatable bonds is 5. The van der Waals surface area contributed by atoms with Crippen LogP contribution >= 0.6 is 0 Å². The molecule has 2 aromatic carbocycles. The standard InChI is InChI=1S/C19H22N2O.C4H4O4/c1-21(2)17-12-13-19(18(20)22,14-8-4-3-5-9-14)16-11-7-6-10-15(16)17;5-3(6)1-2-4(7)8/h3-11,17H,12-13H2,1-2H3,(H2,20,22);1-2H,(H,5,6)(H,7,8)/b;2-1-/t17?,19-;/m1./s1. The summed E-state index contributed by atoms with van der Waals surface area (Å²) in [6.07, 6.45) is 2.66. The van der Waals surface area contributed by atoms with Gasteiger partial charge in [0, 0.05) is 18.1 Å². The fourth-order valence-corrected chi connectivity index (χ4v) is 4.00. The summed E-state index contributed by atoms with van der Waals surface area (Å²) in [5.74, 6) is -3.06. The third-order valence-corrected chi connectivity index (χ3v) is 5.35. The number of nitrogens with one attached hydrogen (secondary N) is 1. The van der Waals surface area contributed by atoms with Gasteiger partial charge in [-0.05, 0) is 23.6 Å². The first-order chi connectivity index (χ1) is 14.2. The minimum Gasteiger partial charge on any atom is -0.545 e. The number of benzene rings is 2. The fraction of sp³-hybridized carbons (Fsp3) is 0.261. The largest absolute Gasteiger partial charge is 0.545 e. The predicted octanol–water partition coefficient (Wildman–Crippen LogP) is -0.185. The summed E-state index contributed by atoms with van der Waals surface area (Å²) in [7, 11) is 4.34. The molecular formula is C23H26N2O5. The number of carbonyl (C=O) groups excluding carboxylic acids is 2. The molecule has 4 N–H and O–H groups in total. The molecular weight excluding hydrogens is 384 g/mol. The maximum Gasteiger partial charge on any atom is 0.328 e. The Balaban J connectivity index is 0.000000343. The lowest BCUT2D eigenvalue weighted by Gasteiger charge is -2.40. The summed E-state index contributed by atoms with van der Waals surface area (Å²) in [6, 6.07) is 18.7. The molecule has 158 valence electrons.